The number of rotatable bonds is 9. The lowest BCUT2D eigenvalue weighted by Crippen LogP contribution is -2.21. The molecule has 28 heavy (non-hydrogen) atoms. The number of hydrogen-bond acceptors (Lipinski definition) is 7. The minimum Gasteiger partial charge on any atom is -0.456 e. The van der Waals surface area contributed by atoms with Crippen LogP contribution in [0.5, 0.6) is 0 Å². The first-order chi connectivity index (χ1) is 13.4. The fraction of sp³-hybridized carbons (Fsp3) is 0.389. The van der Waals surface area contributed by atoms with Gasteiger partial charge in [-0.1, -0.05) is 34.2 Å². The van der Waals surface area contributed by atoms with E-state index in [-0.39, 0.29) is 25.4 Å². The summed E-state index contributed by atoms with van der Waals surface area (Å²) in [6.07, 6.45) is 1.28. The predicted molar refractivity (Wildman–Crippen MR) is 110 cm³/mol. The Labute approximate surface area is 175 Å². The van der Waals surface area contributed by atoms with E-state index in [1.54, 1.807) is 13.0 Å². The van der Waals surface area contributed by atoms with Crippen LogP contribution in [0.2, 0.25) is 0 Å². The highest BCUT2D eigenvalue weighted by molar-refractivity contribution is 9.10. The van der Waals surface area contributed by atoms with Gasteiger partial charge in [-0.05, 0) is 43.5 Å². The van der Waals surface area contributed by atoms with E-state index in [4.69, 9.17) is 4.74 Å². The van der Waals surface area contributed by atoms with E-state index >= 15 is 0 Å². The Morgan fingerprint density at radius 3 is 2.61 bits per heavy atom. The summed E-state index contributed by atoms with van der Waals surface area (Å²) in [5, 5.41) is 14.1. The van der Waals surface area contributed by atoms with Crippen LogP contribution in [0.15, 0.2) is 22.7 Å². The molecular formula is C18H21BrN4O4S. The lowest BCUT2D eigenvalue weighted by molar-refractivity contribution is -0.147. The van der Waals surface area contributed by atoms with Crippen LogP contribution >= 0.6 is 27.3 Å². The number of aryl methyl sites for hydroxylation is 2. The zero-order valence-electron chi connectivity index (χ0n) is 15.6. The summed E-state index contributed by atoms with van der Waals surface area (Å²) in [6, 6.07) is 5.55. The normalized spacial score (nSPS) is 10.4. The number of halogens is 1. The highest BCUT2D eigenvalue weighted by Gasteiger charge is 2.12. The number of carbonyl (C=O) groups is 3. The zero-order chi connectivity index (χ0) is 20.5. The molecule has 0 bridgehead atoms. The number of nitrogens with zero attached hydrogens (tertiary/aromatic N) is 2. The molecule has 0 spiro atoms. The van der Waals surface area contributed by atoms with Gasteiger partial charge < -0.3 is 15.4 Å². The maximum Gasteiger partial charge on any atom is 0.306 e. The van der Waals surface area contributed by atoms with Gasteiger partial charge in [-0.15, -0.1) is 10.2 Å². The molecule has 2 N–H and O–H groups in total. The summed E-state index contributed by atoms with van der Waals surface area (Å²) in [6.45, 7) is 3.41. The van der Waals surface area contributed by atoms with Crippen molar-refractivity contribution < 1.29 is 19.1 Å². The number of benzene rings is 1. The number of hydrogen-bond donors (Lipinski definition) is 2. The number of anilines is 2. The zero-order valence-corrected chi connectivity index (χ0v) is 18.0. The maximum absolute atomic E-state index is 12.0. The van der Waals surface area contributed by atoms with Crippen molar-refractivity contribution in [2.75, 3.05) is 17.2 Å². The second-order valence-corrected chi connectivity index (χ2v) is 7.99. The molecule has 0 aliphatic heterocycles. The molecule has 0 radical (unpaired) electrons. The molecule has 2 rings (SSSR count). The highest BCUT2D eigenvalue weighted by atomic mass is 79.9. The Morgan fingerprint density at radius 1 is 1.14 bits per heavy atom. The predicted octanol–water partition coefficient (Wildman–Crippen LogP) is 3.46. The molecular weight excluding hydrogens is 448 g/mol. The van der Waals surface area contributed by atoms with Crippen molar-refractivity contribution in [2.24, 2.45) is 0 Å². The third kappa shape index (κ3) is 7.35. The monoisotopic (exact) mass is 468 g/mol. The molecule has 0 unspecified atom stereocenters. The molecule has 0 saturated carbocycles. The van der Waals surface area contributed by atoms with Gasteiger partial charge in [-0.3, -0.25) is 14.4 Å². The van der Waals surface area contributed by atoms with Gasteiger partial charge in [0.2, 0.25) is 11.0 Å². The van der Waals surface area contributed by atoms with Gasteiger partial charge in [0.05, 0.1) is 0 Å². The van der Waals surface area contributed by atoms with Gasteiger partial charge in [0.15, 0.2) is 6.61 Å². The lowest BCUT2D eigenvalue weighted by Gasteiger charge is -2.10. The van der Waals surface area contributed by atoms with E-state index in [2.05, 4.69) is 36.8 Å². The average Bonchev–Trinajstić information content (AvgIpc) is 3.06. The lowest BCUT2D eigenvalue weighted by atomic mass is 10.1. The molecule has 150 valence electrons. The number of nitrogens with one attached hydrogen (secondary N) is 2. The largest absolute Gasteiger partial charge is 0.456 e. The first-order valence-electron chi connectivity index (χ1n) is 8.71. The van der Waals surface area contributed by atoms with E-state index in [1.165, 1.54) is 11.3 Å². The van der Waals surface area contributed by atoms with Crippen molar-refractivity contribution >= 4 is 55.9 Å². The van der Waals surface area contributed by atoms with Crippen molar-refractivity contribution in [1.82, 2.24) is 10.2 Å². The fourth-order valence-electron chi connectivity index (χ4n) is 2.30. The van der Waals surface area contributed by atoms with Crippen LogP contribution in [0, 0.1) is 6.92 Å². The highest BCUT2D eigenvalue weighted by Crippen LogP contribution is 2.21. The van der Waals surface area contributed by atoms with E-state index in [9.17, 15) is 14.4 Å². The summed E-state index contributed by atoms with van der Waals surface area (Å²) in [7, 11) is 0. The van der Waals surface area contributed by atoms with Crippen LogP contribution in [-0.4, -0.2) is 34.6 Å². The number of amides is 2. The number of carbonyl (C=O) groups excluding carboxylic acids is 3. The molecule has 1 heterocycles. The molecule has 10 heteroatoms. The maximum atomic E-state index is 12.0. The third-order valence-corrected chi connectivity index (χ3v) is 4.89. The van der Waals surface area contributed by atoms with Crippen LogP contribution in [-0.2, 0) is 25.5 Å². The third-order valence-electron chi connectivity index (χ3n) is 3.64. The number of esters is 1. The van der Waals surface area contributed by atoms with Crippen LogP contribution in [0.3, 0.4) is 0 Å². The van der Waals surface area contributed by atoms with Crippen molar-refractivity contribution in [1.29, 1.82) is 0 Å². The molecule has 0 fully saturated rings. The van der Waals surface area contributed by atoms with Crippen LogP contribution in [0.25, 0.3) is 0 Å². The minimum atomic E-state index is -0.527. The Morgan fingerprint density at radius 2 is 1.93 bits per heavy atom. The second-order valence-electron chi connectivity index (χ2n) is 5.89. The quantitative estimate of drug-likeness (QED) is 0.545. The van der Waals surface area contributed by atoms with Crippen molar-refractivity contribution in [3.8, 4) is 0 Å². The molecule has 1 aromatic heterocycles. The van der Waals surface area contributed by atoms with Gasteiger partial charge in [-0.25, -0.2) is 0 Å². The van der Waals surface area contributed by atoms with Crippen molar-refractivity contribution in [3.63, 3.8) is 0 Å². The van der Waals surface area contributed by atoms with E-state index in [1.807, 2.05) is 19.1 Å². The summed E-state index contributed by atoms with van der Waals surface area (Å²) in [5.74, 6) is -1.18. The number of aromatic nitrogens is 2. The van der Waals surface area contributed by atoms with Crippen molar-refractivity contribution in [2.45, 2.75) is 39.5 Å². The van der Waals surface area contributed by atoms with Crippen LogP contribution in [0.1, 0.15) is 36.8 Å². The van der Waals surface area contributed by atoms with Crippen LogP contribution in [0.4, 0.5) is 10.8 Å². The second kappa shape index (κ2) is 10.9. The smallest absolute Gasteiger partial charge is 0.306 e. The van der Waals surface area contributed by atoms with Gasteiger partial charge in [0.1, 0.15) is 5.01 Å². The van der Waals surface area contributed by atoms with Crippen molar-refractivity contribution in [3.05, 3.63) is 33.2 Å². The van der Waals surface area contributed by atoms with Crippen LogP contribution < -0.4 is 10.6 Å². The Kier molecular flexibility index (Phi) is 8.52. The molecule has 0 aliphatic rings. The summed E-state index contributed by atoms with van der Waals surface area (Å²) >= 11 is 4.67. The SMILES string of the molecule is CCc1cc(Br)ccc1NC(=O)COC(=O)CCCC(=O)Nc1nnc(C)s1. The standard InChI is InChI=1S/C18H21BrN4O4S/c1-3-12-9-13(19)7-8-14(12)20-16(25)10-27-17(26)6-4-5-15(24)21-18-23-22-11(2)28-18/h7-9H,3-6,10H2,1-2H3,(H,20,25)(H,21,23,24). The Hall–Kier alpha value is -2.33. The molecule has 0 saturated heterocycles. The van der Waals surface area contributed by atoms with Gasteiger partial charge in [0.25, 0.3) is 5.91 Å². The fourth-order valence-corrected chi connectivity index (χ4v) is 3.32. The van der Waals surface area contributed by atoms with Gasteiger partial charge in [-0.2, -0.15) is 0 Å². The number of ether oxygens (including phenoxy) is 1. The first-order valence-corrected chi connectivity index (χ1v) is 10.3. The van der Waals surface area contributed by atoms with Gasteiger partial charge in [0, 0.05) is 23.0 Å². The Balaban J connectivity index is 1.66. The Bertz CT molecular complexity index is 856. The minimum absolute atomic E-state index is 0.0499. The molecule has 0 aliphatic carbocycles. The molecule has 2 aromatic rings. The topological polar surface area (TPSA) is 110 Å². The molecule has 0 atom stereocenters. The summed E-state index contributed by atoms with van der Waals surface area (Å²) in [5.41, 5.74) is 1.67. The molecule has 2 amide bonds. The van der Waals surface area contributed by atoms with E-state index in [0.717, 1.165) is 21.5 Å². The average molecular weight is 469 g/mol. The van der Waals surface area contributed by atoms with E-state index < -0.39 is 11.9 Å². The summed E-state index contributed by atoms with van der Waals surface area (Å²) in [4.78, 5) is 35.5. The molecule has 1 aromatic carbocycles. The summed E-state index contributed by atoms with van der Waals surface area (Å²) < 4.78 is 5.89. The first kappa shape index (κ1) is 22.0. The molecule has 8 nitrogen and oxygen atoms in total. The van der Waals surface area contributed by atoms with Gasteiger partial charge >= 0.3 is 5.97 Å². The van der Waals surface area contributed by atoms with E-state index in [0.29, 0.717) is 17.2 Å².